The van der Waals surface area contributed by atoms with Gasteiger partial charge in [-0.15, -0.1) is 0 Å². The van der Waals surface area contributed by atoms with Crippen molar-refractivity contribution in [3.05, 3.63) is 30.3 Å². The summed E-state index contributed by atoms with van der Waals surface area (Å²) < 4.78 is 38.0. The van der Waals surface area contributed by atoms with Crippen LogP contribution in [0, 0.1) is 6.07 Å². The molecule has 0 aromatic heterocycles. The summed E-state index contributed by atoms with van der Waals surface area (Å²) in [4.78, 5) is 0.337. The first-order valence-electron chi connectivity index (χ1n) is 2.98. The molecule has 1 radical (unpaired) electrons. The smallest absolute Gasteiger partial charge is 0.409 e. The van der Waals surface area contributed by atoms with Crippen molar-refractivity contribution in [3.8, 4) is 0 Å². The predicted molar refractivity (Wildman–Crippen MR) is 46.8 cm³/mol. The van der Waals surface area contributed by atoms with Crippen LogP contribution in [0.5, 0.6) is 0 Å². The van der Waals surface area contributed by atoms with Crippen molar-refractivity contribution in [2.45, 2.75) is 4.90 Å². The Morgan fingerprint density at radius 3 is 1.79 bits per heavy atom. The molecule has 1 aromatic carbocycles. The van der Waals surface area contributed by atoms with Crippen LogP contribution in [0.15, 0.2) is 29.2 Å². The number of hydrogen-bond donors (Lipinski definition) is 2. The quantitative estimate of drug-likeness (QED) is 0.298. The molecule has 0 amide bonds. The Hall–Kier alpha value is -0.323. The van der Waals surface area contributed by atoms with E-state index in [1.807, 2.05) is 0 Å². The molecular weight excluding hydrogens is 221 g/mol. The molecule has 8 heteroatoms. The van der Waals surface area contributed by atoms with Gasteiger partial charge in [-0.25, -0.2) is 8.42 Å². The molecule has 0 aliphatic rings. The van der Waals surface area contributed by atoms with Crippen LogP contribution < -0.4 is 24.0 Å². The molecule has 5 nitrogen and oxygen atoms in total. The zero-order valence-electron chi connectivity index (χ0n) is 7.38. The molecule has 0 saturated carbocycles. The molecule has 0 bridgehead atoms. The third-order valence-corrected chi connectivity index (χ3v) is 1.63. The average molecular weight is 228 g/mol. The molecule has 0 atom stereocenters. The molecule has 0 aliphatic carbocycles. The summed E-state index contributed by atoms with van der Waals surface area (Å²) in [6.07, 6.45) is 0. The minimum Gasteiger partial charge on any atom is -0.409 e. The fourth-order valence-electron chi connectivity index (χ4n) is 0.500. The van der Waals surface area contributed by atoms with Crippen LogP contribution in [0.25, 0.3) is 0 Å². The SMILES string of the molecule is N[S-](=O)=O.O=[SH](=O)c1cc[c]cc1.[Li+]. The Bertz CT molecular complexity index is 372. The molecule has 2 N–H and O–H groups in total. The van der Waals surface area contributed by atoms with E-state index in [4.69, 9.17) is 8.42 Å². The largest absolute Gasteiger partial charge is 1.00 e. The van der Waals surface area contributed by atoms with E-state index in [0.717, 1.165) is 0 Å². The van der Waals surface area contributed by atoms with Crippen molar-refractivity contribution in [2.75, 3.05) is 0 Å². The van der Waals surface area contributed by atoms with Crippen molar-refractivity contribution in [2.24, 2.45) is 5.14 Å². The minimum atomic E-state index is -2.42. The van der Waals surface area contributed by atoms with Crippen LogP contribution >= 0.6 is 0 Å². The van der Waals surface area contributed by atoms with Gasteiger partial charge in [0.05, 0.1) is 4.90 Å². The van der Waals surface area contributed by atoms with Gasteiger partial charge < -0.3 is 13.6 Å². The van der Waals surface area contributed by atoms with E-state index >= 15 is 0 Å². The van der Waals surface area contributed by atoms with Gasteiger partial charge in [-0.3, -0.25) is 0 Å². The van der Waals surface area contributed by atoms with Crippen LogP contribution in [0.4, 0.5) is 0 Å². The van der Waals surface area contributed by atoms with Gasteiger partial charge in [0.1, 0.15) is 0 Å². The van der Waals surface area contributed by atoms with Gasteiger partial charge in [-0.05, 0) is 29.1 Å². The molecule has 0 unspecified atom stereocenters. The van der Waals surface area contributed by atoms with Crippen molar-refractivity contribution in [1.82, 2.24) is 0 Å². The molecule has 1 aromatic rings. The molecular formula is C6H7LiNO4S2. The van der Waals surface area contributed by atoms with Gasteiger partial charge in [0.25, 0.3) is 0 Å². The van der Waals surface area contributed by atoms with Gasteiger partial charge >= 0.3 is 18.9 Å². The summed E-state index contributed by atoms with van der Waals surface area (Å²) in [6, 6.07) is 8.87. The van der Waals surface area contributed by atoms with E-state index < -0.39 is 21.6 Å². The standard InChI is InChI=1S/C6H5O2S.Li.H2NO2S/c7-9(8)6-4-2-1-3-5-6;;1-4(2)3/h2-5,9H;;(H2,1,2,3)/q;+1;-1. The van der Waals surface area contributed by atoms with E-state index in [1.54, 1.807) is 12.1 Å². The second-order valence-electron chi connectivity index (χ2n) is 1.78. The van der Waals surface area contributed by atoms with Gasteiger partial charge in [0, 0.05) is 0 Å². The van der Waals surface area contributed by atoms with Gasteiger partial charge in [-0.2, -0.15) is 0 Å². The summed E-state index contributed by atoms with van der Waals surface area (Å²) in [5.41, 5.74) is 0. The van der Waals surface area contributed by atoms with E-state index in [1.165, 1.54) is 12.1 Å². The molecule has 0 aliphatic heterocycles. The number of hydrogen-bond acceptors (Lipinski definition) is 5. The summed E-state index contributed by atoms with van der Waals surface area (Å²) in [6.45, 7) is 0. The van der Waals surface area contributed by atoms with Gasteiger partial charge in [0.2, 0.25) is 0 Å². The maximum absolute atomic E-state index is 10.2. The Morgan fingerprint density at radius 1 is 1.21 bits per heavy atom. The Labute approximate surface area is 97.5 Å². The normalized spacial score (nSPS) is 8.79. The summed E-state index contributed by atoms with van der Waals surface area (Å²) in [5, 5.41) is 4.03. The third-order valence-electron chi connectivity index (χ3n) is 0.911. The van der Waals surface area contributed by atoms with Gasteiger partial charge in [-0.1, -0.05) is 12.1 Å². The second kappa shape index (κ2) is 9.24. The second-order valence-corrected chi connectivity index (χ2v) is 3.33. The van der Waals surface area contributed by atoms with E-state index in [9.17, 15) is 8.42 Å². The summed E-state index contributed by atoms with van der Waals surface area (Å²) >= 11 is 0. The molecule has 0 fully saturated rings. The van der Waals surface area contributed by atoms with Crippen molar-refractivity contribution in [1.29, 1.82) is 0 Å². The number of benzene rings is 1. The third kappa shape index (κ3) is 9.76. The maximum Gasteiger partial charge on any atom is 1.00 e. The van der Waals surface area contributed by atoms with E-state index in [0.29, 0.717) is 4.90 Å². The summed E-state index contributed by atoms with van der Waals surface area (Å²) in [7, 11) is -4.78. The van der Waals surface area contributed by atoms with Crippen molar-refractivity contribution in [3.63, 3.8) is 0 Å². The van der Waals surface area contributed by atoms with Crippen LogP contribution in [-0.2, 0) is 30.0 Å². The van der Waals surface area contributed by atoms with Crippen LogP contribution in [0.3, 0.4) is 0 Å². The number of nitrogens with two attached hydrogens (primary N) is 1. The first-order chi connectivity index (χ1) is 6.04. The molecule has 0 spiro atoms. The Morgan fingerprint density at radius 2 is 1.57 bits per heavy atom. The first-order valence-corrected chi connectivity index (χ1v) is 5.29. The predicted octanol–water partition coefficient (Wildman–Crippen LogP) is -3.37. The molecule has 1 rings (SSSR count). The Kier molecular flexibility index (Phi) is 10.6. The topological polar surface area (TPSA) is 94.3 Å². The van der Waals surface area contributed by atoms with Crippen molar-refractivity contribution >= 4 is 21.6 Å². The molecule has 0 heterocycles. The van der Waals surface area contributed by atoms with Gasteiger partial charge in [0.15, 0.2) is 10.7 Å². The monoisotopic (exact) mass is 228 g/mol. The van der Waals surface area contributed by atoms with Crippen LogP contribution in [0.1, 0.15) is 0 Å². The number of thiol groups is 1. The van der Waals surface area contributed by atoms with Crippen LogP contribution in [0.2, 0.25) is 0 Å². The zero-order valence-corrected chi connectivity index (χ0v) is 9.09. The number of rotatable bonds is 1. The molecule has 73 valence electrons. The minimum absolute atomic E-state index is 0. The fraction of sp³-hybridized carbons (Fsp3) is 0. The molecule has 0 saturated heterocycles. The van der Waals surface area contributed by atoms with E-state index in [-0.39, 0.29) is 18.9 Å². The molecule has 14 heavy (non-hydrogen) atoms. The van der Waals surface area contributed by atoms with Crippen LogP contribution in [-0.4, -0.2) is 8.42 Å². The van der Waals surface area contributed by atoms with E-state index in [2.05, 4.69) is 11.2 Å². The fourth-order valence-corrected chi connectivity index (χ4v) is 0.892. The zero-order chi connectivity index (χ0) is 10.3. The first kappa shape index (κ1) is 16.1. The average Bonchev–Trinajstić information content (AvgIpc) is 2.05. The Balaban J connectivity index is 0. The maximum atomic E-state index is 10.2. The van der Waals surface area contributed by atoms with Crippen molar-refractivity contribution < 1.29 is 35.7 Å². The summed E-state index contributed by atoms with van der Waals surface area (Å²) in [5.74, 6) is 0.